The molecule has 5 heteroatoms. The molecule has 3 N–H and O–H groups in total. The Morgan fingerprint density at radius 2 is 2.25 bits per heavy atom. The molecule has 0 aliphatic carbocycles. The van der Waals surface area contributed by atoms with E-state index in [1.807, 2.05) is 11.4 Å². The minimum atomic E-state index is -0.143. The summed E-state index contributed by atoms with van der Waals surface area (Å²) in [5, 5.41) is 5.35. The molecule has 0 unspecified atom stereocenters. The Morgan fingerprint density at radius 3 is 3.00 bits per heavy atom. The van der Waals surface area contributed by atoms with Gasteiger partial charge >= 0.3 is 0 Å². The van der Waals surface area contributed by atoms with Crippen molar-refractivity contribution in [3.05, 3.63) is 56.7 Å². The Balaban J connectivity index is 1.95. The van der Waals surface area contributed by atoms with Crippen molar-refractivity contribution < 1.29 is 4.79 Å². The highest BCUT2D eigenvalue weighted by Crippen LogP contribution is 2.14. The van der Waals surface area contributed by atoms with Gasteiger partial charge in [-0.25, -0.2) is 0 Å². The molecule has 0 radical (unpaired) electrons. The molecular weight excluding hydrogens is 292 g/mol. The monoisotopic (exact) mass is 304 g/mol. The predicted molar refractivity (Wildman–Crippen MR) is 82.9 cm³/mol. The van der Waals surface area contributed by atoms with Crippen LogP contribution in [0.2, 0.25) is 5.02 Å². The first kappa shape index (κ1) is 14.6. The average molecular weight is 305 g/mol. The Morgan fingerprint density at radius 1 is 1.40 bits per heavy atom. The normalized spacial score (nSPS) is 9.70. The van der Waals surface area contributed by atoms with Gasteiger partial charge in [0.2, 0.25) is 0 Å². The summed E-state index contributed by atoms with van der Waals surface area (Å²) >= 11 is 7.41. The van der Waals surface area contributed by atoms with Crippen molar-refractivity contribution in [1.82, 2.24) is 5.32 Å². The highest BCUT2D eigenvalue weighted by molar-refractivity contribution is 7.10. The lowest BCUT2D eigenvalue weighted by atomic mass is 10.2. The molecule has 0 saturated heterocycles. The minimum Gasteiger partial charge on any atom is -0.347 e. The first-order valence-electron chi connectivity index (χ1n) is 5.99. The van der Waals surface area contributed by atoms with Gasteiger partial charge in [-0.1, -0.05) is 29.5 Å². The van der Waals surface area contributed by atoms with Crippen LogP contribution in [0.1, 0.15) is 20.8 Å². The van der Waals surface area contributed by atoms with Crippen LogP contribution in [-0.4, -0.2) is 12.5 Å². The molecule has 3 nitrogen and oxygen atoms in total. The molecule has 102 valence electrons. The fraction of sp³-hybridized carbons (Fsp3) is 0.133. The average Bonchev–Trinajstić information content (AvgIpc) is 2.90. The second-order valence-electron chi connectivity index (χ2n) is 4.00. The SMILES string of the molecule is NCC#Cc1csc(CNC(=O)c2cccc(Cl)c2)c1. The molecule has 0 spiro atoms. The third kappa shape index (κ3) is 4.10. The van der Waals surface area contributed by atoms with E-state index in [1.54, 1.807) is 35.6 Å². The number of nitrogens with two attached hydrogens (primary N) is 1. The maximum atomic E-state index is 11.9. The molecule has 2 aromatic rings. The van der Waals surface area contributed by atoms with Crippen LogP contribution >= 0.6 is 22.9 Å². The van der Waals surface area contributed by atoms with E-state index in [0.29, 0.717) is 23.7 Å². The molecule has 1 aromatic carbocycles. The van der Waals surface area contributed by atoms with E-state index in [-0.39, 0.29) is 5.91 Å². The number of hydrogen-bond donors (Lipinski definition) is 2. The summed E-state index contributed by atoms with van der Waals surface area (Å²) in [5.41, 5.74) is 6.80. The van der Waals surface area contributed by atoms with Crippen molar-refractivity contribution in [1.29, 1.82) is 0 Å². The molecule has 0 atom stereocenters. The summed E-state index contributed by atoms with van der Waals surface area (Å²) in [5.74, 6) is 5.61. The second-order valence-corrected chi connectivity index (χ2v) is 5.43. The van der Waals surface area contributed by atoms with Crippen molar-refractivity contribution in [2.75, 3.05) is 6.54 Å². The third-order valence-corrected chi connectivity index (χ3v) is 3.67. The predicted octanol–water partition coefficient (Wildman–Crippen LogP) is 2.64. The maximum Gasteiger partial charge on any atom is 0.251 e. The molecule has 0 fully saturated rings. The van der Waals surface area contributed by atoms with Crippen molar-refractivity contribution in [2.45, 2.75) is 6.54 Å². The van der Waals surface area contributed by atoms with Crippen molar-refractivity contribution in [3.8, 4) is 11.8 Å². The lowest BCUT2D eigenvalue weighted by Crippen LogP contribution is -2.22. The first-order valence-corrected chi connectivity index (χ1v) is 7.25. The summed E-state index contributed by atoms with van der Waals surface area (Å²) in [6.45, 7) is 0.816. The van der Waals surface area contributed by atoms with Gasteiger partial charge in [-0.15, -0.1) is 11.3 Å². The number of thiophene rings is 1. The summed E-state index contributed by atoms with van der Waals surface area (Å²) in [6.07, 6.45) is 0. The zero-order chi connectivity index (χ0) is 14.4. The lowest BCUT2D eigenvalue weighted by Gasteiger charge is -2.03. The van der Waals surface area contributed by atoms with Gasteiger partial charge in [0.1, 0.15) is 0 Å². The van der Waals surface area contributed by atoms with Gasteiger partial charge in [-0.3, -0.25) is 4.79 Å². The number of nitrogens with one attached hydrogen (secondary N) is 1. The molecule has 1 amide bonds. The van der Waals surface area contributed by atoms with Crippen LogP contribution in [0, 0.1) is 11.8 Å². The van der Waals surface area contributed by atoms with E-state index in [9.17, 15) is 4.79 Å². The van der Waals surface area contributed by atoms with Crippen LogP contribution in [0.5, 0.6) is 0 Å². The quantitative estimate of drug-likeness (QED) is 0.857. The molecule has 0 aliphatic heterocycles. The standard InChI is InChI=1S/C15H13ClN2OS/c16-13-5-1-4-12(8-13)15(19)18-9-14-7-11(10-20-14)3-2-6-17/h1,4-5,7-8,10H,6,9,17H2,(H,18,19). The van der Waals surface area contributed by atoms with Crippen molar-refractivity contribution in [3.63, 3.8) is 0 Å². The number of benzene rings is 1. The highest BCUT2D eigenvalue weighted by atomic mass is 35.5. The van der Waals surface area contributed by atoms with E-state index in [0.717, 1.165) is 10.4 Å². The van der Waals surface area contributed by atoms with E-state index in [2.05, 4.69) is 17.2 Å². The lowest BCUT2D eigenvalue weighted by molar-refractivity contribution is 0.0951. The topological polar surface area (TPSA) is 55.1 Å². The van der Waals surface area contributed by atoms with Gasteiger partial charge in [0.25, 0.3) is 5.91 Å². The number of carbonyl (C=O) groups is 1. The Kier molecular flexibility index (Phi) is 5.19. The molecule has 20 heavy (non-hydrogen) atoms. The van der Waals surface area contributed by atoms with Gasteiger partial charge in [-0.05, 0) is 24.3 Å². The molecule has 1 aromatic heterocycles. The van der Waals surface area contributed by atoms with Crippen LogP contribution in [0.3, 0.4) is 0 Å². The molecule has 0 bridgehead atoms. The zero-order valence-electron chi connectivity index (χ0n) is 10.7. The summed E-state index contributed by atoms with van der Waals surface area (Å²) in [7, 11) is 0. The van der Waals surface area contributed by atoms with Gasteiger partial charge in [0.05, 0.1) is 13.1 Å². The zero-order valence-corrected chi connectivity index (χ0v) is 12.2. The largest absolute Gasteiger partial charge is 0.347 e. The van der Waals surface area contributed by atoms with Gasteiger partial charge < -0.3 is 11.1 Å². The summed E-state index contributed by atoms with van der Waals surface area (Å²) in [6, 6.07) is 8.81. The second kappa shape index (κ2) is 7.11. The number of halogens is 1. The number of hydrogen-bond acceptors (Lipinski definition) is 3. The van der Waals surface area contributed by atoms with E-state index < -0.39 is 0 Å². The van der Waals surface area contributed by atoms with Crippen LogP contribution in [0.15, 0.2) is 35.7 Å². The molecular formula is C15H13ClN2OS. The van der Waals surface area contributed by atoms with Crippen LogP contribution in [0.25, 0.3) is 0 Å². The fourth-order valence-corrected chi connectivity index (χ4v) is 2.54. The molecule has 1 heterocycles. The highest BCUT2D eigenvalue weighted by Gasteiger charge is 2.06. The maximum absolute atomic E-state index is 11.9. The first-order chi connectivity index (χ1) is 9.69. The van der Waals surface area contributed by atoms with Gasteiger partial charge in [0, 0.05) is 26.4 Å². The Hall–Kier alpha value is -1.80. The molecule has 0 saturated carbocycles. The minimum absolute atomic E-state index is 0.143. The van der Waals surface area contributed by atoms with Gasteiger partial charge in [-0.2, -0.15) is 0 Å². The number of rotatable bonds is 3. The fourth-order valence-electron chi connectivity index (χ4n) is 1.59. The molecule has 0 aliphatic rings. The van der Waals surface area contributed by atoms with E-state index >= 15 is 0 Å². The van der Waals surface area contributed by atoms with Crippen LogP contribution < -0.4 is 11.1 Å². The van der Waals surface area contributed by atoms with Crippen LogP contribution in [0.4, 0.5) is 0 Å². The van der Waals surface area contributed by atoms with Crippen molar-refractivity contribution >= 4 is 28.8 Å². The Labute approximate surface area is 126 Å². The molecule has 2 rings (SSSR count). The summed E-state index contributed by atoms with van der Waals surface area (Å²) in [4.78, 5) is 13.0. The Bertz CT molecular complexity index is 670. The van der Waals surface area contributed by atoms with E-state index in [1.165, 1.54) is 0 Å². The van der Waals surface area contributed by atoms with Crippen molar-refractivity contribution in [2.24, 2.45) is 5.73 Å². The third-order valence-electron chi connectivity index (χ3n) is 2.50. The summed E-state index contributed by atoms with van der Waals surface area (Å²) < 4.78 is 0. The number of amides is 1. The van der Waals surface area contributed by atoms with Crippen LogP contribution in [-0.2, 0) is 6.54 Å². The van der Waals surface area contributed by atoms with E-state index in [4.69, 9.17) is 17.3 Å². The van der Waals surface area contributed by atoms with Gasteiger partial charge in [0.15, 0.2) is 0 Å². The number of carbonyl (C=O) groups excluding carboxylic acids is 1. The smallest absolute Gasteiger partial charge is 0.251 e.